The number of benzene rings is 2. The molecule has 0 aliphatic heterocycles. The topological polar surface area (TPSA) is 31.2 Å². The summed E-state index contributed by atoms with van der Waals surface area (Å²) >= 11 is 0. The van der Waals surface area contributed by atoms with Crippen molar-refractivity contribution in [3.63, 3.8) is 0 Å². The molecule has 24 heavy (non-hydrogen) atoms. The molecule has 1 aromatic heterocycles. The second-order valence-corrected chi connectivity index (χ2v) is 6.40. The van der Waals surface area contributed by atoms with E-state index in [4.69, 9.17) is 4.74 Å². The summed E-state index contributed by atoms with van der Waals surface area (Å²) in [4.78, 5) is 13.1. The first-order valence-electron chi connectivity index (χ1n) is 8.63. The van der Waals surface area contributed by atoms with Gasteiger partial charge in [0, 0.05) is 11.1 Å². The van der Waals surface area contributed by atoms with Crippen molar-refractivity contribution in [2.45, 2.75) is 38.7 Å². The predicted octanol–water partition coefficient (Wildman–Crippen LogP) is 4.63. The van der Waals surface area contributed by atoms with Crippen molar-refractivity contribution in [1.82, 2.24) is 4.57 Å². The Morgan fingerprint density at radius 1 is 1.00 bits per heavy atom. The molecule has 0 saturated carbocycles. The third kappa shape index (κ3) is 2.50. The Labute approximate surface area is 141 Å². The van der Waals surface area contributed by atoms with Gasteiger partial charge in [0.2, 0.25) is 0 Å². The van der Waals surface area contributed by atoms with Crippen LogP contribution in [0.2, 0.25) is 0 Å². The van der Waals surface area contributed by atoms with Crippen LogP contribution in [0, 0.1) is 0 Å². The Morgan fingerprint density at radius 3 is 2.54 bits per heavy atom. The van der Waals surface area contributed by atoms with E-state index in [0.717, 1.165) is 30.5 Å². The van der Waals surface area contributed by atoms with Gasteiger partial charge in [-0.1, -0.05) is 36.4 Å². The van der Waals surface area contributed by atoms with Crippen LogP contribution in [-0.2, 0) is 12.8 Å². The second kappa shape index (κ2) is 6.16. The number of ether oxygens (including phenoxy) is 1. The van der Waals surface area contributed by atoms with Crippen molar-refractivity contribution < 1.29 is 9.53 Å². The molecule has 3 nitrogen and oxygen atoms in total. The van der Waals surface area contributed by atoms with Gasteiger partial charge in [0.1, 0.15) is 5.75 Å². The molecule has 0 spiro atoms. The number of carbonyl (C=O) groups excluding carboxylic acids is 1. The summed E-state index contributed by atoms with van der Waals surface area (Å²) in [5.74, 6) is 0.738. The molecular formula is C21H21NO2. The van der Waals surface area contributed by atoms with Crippen LogP contribution >= 0.6 is 0 Å². The molecule has 122 valence electrons. The number of hydrogen-bond donors (Lipinski definition) is 0. The van der Waals surface area contributed by atoms with Crippen LogP contribution in [0.15, 0.2) is 54.6 Å². The third-order valence-electron chi connectivity index (χ3n) is 4.80. The number of nitrogens with zero attached hydrogens (tertiary/aromatic N) is 1. The Balaban J connectivity index is 1.74. The van der Waals surface area contributed by atoms with Gasteiger partial charge in [-0.3, -0.25) is 9.36 Å². The first kappa shape index (κ1) is 15.0. The number of rotatable bonds is 3. The molecule has 3 heteroatoms. The van der Waals surface area contributed by atoms with E-state index in [-0.39, 0.29) is 5.91 Å². The Kier molecular flexibility index (Phi) is 3.85. The molecule has 3 aromatic rings. The maximum absolute atomic E-state index is 13.1. The van der Waals surface area contributed by atoms with Crippen molar-refractivity contribution in [1.29, 1.82) is 0 Å². The molecule has 0 bridgehead atoms. The minimum absolute atomic E-state index is 0.0122. The van der Waals surface area contributed by atoms with Gasteiger partial charge in [0.05, 0.1) is 5.52 Å². The normalized spacial score (nSPS) is 15.0. The van der Waals surface area contributed by atoms with E-state index >= 15 is 0 Å². The molecule has 0 fully saturated rings. The smallest absolute Gasteiger partial charge is 0.272 e. The first-order chi connectivity index (χ1) is 11.8. The molecule has 0 amide bonds. The molecule has 0 radical (unpaired) electrons. The lowest BCUT2D eigenvalue weighted by Crippen LogP contribution is -2.30. The molecule has 0 N–H and O–H groups in total. The standard InChI is InChI=1S/C21H21NO2/c1-15(24-16-9-3-2-4-10-16)21(23)22-19-13-7-5-11-17(19)18-12-6-8-14-20(18)22/h2-5,7,9-11,13,15H,6,8,12,14H2,1H3. The van der Waals surface area contributed by atoms with E-state index in [9.17, 15) is 4.79 Å². The Bertz CT molecular complexity index is 879. The molecule has 1 aliphatic rings. The second-order valence-electron chi connectivity index (χ2n) is 6.40. The molecule has 2 aromatic carbocycles. The van der Waals surface area contributed by atoms with Crippen LogP contribution in [0.1, 0.15) is 35.8 Å². The van der Waals surface area contributed by atoms with E-state index in [1.54, 1.807) is 0 Å². The van der Waals surface area contributed by atoms with Crippen molar-refractivity contribution in [3.8, 4) is 5.75 Å². The van der Waals surface area contributed by atoms with Crippen molar-refractivity contribution in [2.24, 2.45) is 0 Å². The summed E-state index contributed by atoms with van der Waals surface area (Å²) in [6.45, 7) is 1.83. The van der Waals surface area contributed by atoms with Gasteiger partial charge in [-0.2, -0.15) is 0 Å². The third-order valence-corrected chi connectivity index (χ3v) is 4.80. The number of carbonyl (C=O) groups is 1. The van der Waals surface area contributed by atoms with Crippen LogP contribution in [0.25, 0.3) is 10.9 Å². The number of aromatic nitrogens is 1. The van der Waals surface area contributed by atoms with E-state index in [1.165, 1.54) is 23.1 Å². The van der Waals surface area contributed by atoms with Crippen molar-refractivity contribution in [2.75, 3.05) is 0 Å². The monoisotopic (exact) mass is 319 g/mol. The van der Waals surface area contributed by atoms with Gasteiger partial charge >= 0.3 is 0 Å². The number of para-hydroxylation sites is 2. The molecule has 1 heterocycles. The Hall–Kier alpha value is -2.55. The molecule has 1 atom stereocenters. The van der Waals surface area contributed by atoms with Crippen LogP contribution in [0.5, 0.6) is 5.75 Å². The van der Waals surface area contributed by atoms with Crippen LogP contribution < -0.4 is 4.74 Å². The fraction of sp³-hybridized carbons (Fsp3) is 0.286. The molecule has 0 saturated heterocycles. The zero-order chi connectivity index (χ0) is 16.5. The summed E-state index contributed by atoms with van der Waals surface area (Å²) in [5.41, 5.74) is 3.53. The van der Waals surface area contributed by atoms with E-state index in [0.29, 0.717) is 0 Å². The van der Waals surface area contributed by atoms with Gasteiger partial charge in [-0.15, -0.1) is 0 Å². The van der Waals surface area contributed by atoms with Gasteiger partial charge in [0.25, 0.3) is 5.91 Å². The maximum Gasteiger partial charge on any atom is 0.272 e. The van der Waals surface area contributed by atoms with Gasteiger partial charge in [-0.25, -0.2) is 0 Å². The summed E-state index contributed by atoms with van der Waals surface area (Å²) in [5, 5.41) is 1.22. The van der Waals surface area contributed by atoms with E-state index in [1.807, 2.05) is 54.0 Å². The number of aryl methyl sites for hydroxylation is 1. The SMILES string of the molecule is CC(Oc1ccccc1)C(=O)n1c2c(c3ccccc31)CCCC2. The lowest BCUT2D eigenvalue weighted by Gasteiger charge is -2.19. The zero-order valence-electron chi connectivity index (χ0n) is 13.9. The van der Waals surface area contributed by atoms with Crippen molar-refractivity contribution in [3.05, 3.63) is 65.9 Å². The number of hydrogen-bond acceptors (Lipinski definition) is 2. The number of fused-ring (bicyclic) bond motifs is 3. The van der Waals surface area contributed by atoms with E-state index in [2.05, 4.69) is 12.1 Å². The molecular weight excluding hydrogens is 298 g/mol. The average molecular weight is 319 g/mol. The maximum atomic E-state index is 13.1. The zero-order valence-corrected chi connectivity index (χ0v) is 13.9. The van der Waals surface area contributed by atoms with Crippen LogP contribution in [0.4, 0.5) is 0 Å². The van der Waals surface area contributed by atoms with Gasteiger partial charge in [0.15, 0.2) is 6.10 Å². The molecule has 1 unspecified atom stereocenters. The molecule has 4 rings (SSSR count). The quantitative estimate of drug-likeness (QED) is 0.705. The fourth-order valence-corrected chi connectivity index (χ4v) is 3.68. The highest BCUT2D eigenvalue weighted by Gasteiger charge is 2.26. The largest absolute Gasteiger partial charge is 0.481 e. The highest BCUT2D eigenvalue weighted by molar-refractivity contribution is 5.97. The minimum Gasteiger partial charge on any atom is -0.481 e. The first-order valence-corrected chi connectivity index (χ1v) is 8.63. The van der Waals surface area contributed by atoms with Crippen molar-refractivity contribution >= 4 is 16.8 Å². The minimum atomic E-state index is -0.519. The summed E-state index contributed by atoms with van der Waals surface area (Å²) in [6, 6.07) is 17.8. The van der Waals surface area contributed by atoms with Crippen LogP contribution in [0.3, 0.4) is 0 Å². The van der Waals surface area contributed by atoms with Crippen LogP contribution in [-0.4, -0.2) is 16.6 Å². The summed E-state index contributed by atoms with van der Waals surface area (Å²) < 4.78 is 7.77. The Morgan fingerprint density at radius 2 is 1.71 bits per heavy atom. The fourth-order valence-electron chi connectivity index (χ4n) is 3.68. The highest BCUT2D eigenvalue weighted by atomic mass is 16.5. The van der Waals surface area contributed by atoms with E-state index < -0.39 is 6.10 Å². The lowest BCUT2D eigenvalue weighted by atomic mass is 9.95. The van der Waals surface area contributed by atoms with Gasteiger partial charge in [-0.05, 0) is 56.4 Å². The summed E-state index contributed by atoms with van der Waals surface area (Å²) in [7, 11) is 0. The van der Waals surface area contributed by atoms with Gasteiger partial charge < -0.3 is 4.74 Å². The lowest BCUT2D eigenvalue weighted by molar-refractivity contribution is 0.0729. The highest BCUT2D eigenvalue weighted by Crippen LogP contribution is 2.32. The predicted molar refractivity (Wildman–Crippen MR) is 95.7 cm³/mol. The average Bonchev–Trinajstić information content (AvgIpc) is 2.96. The summed E-state index contributed by atoms with van der Waals surface area (Å²) in [6.07, 6.45) is 3.85. The molecule has 1 aliphatic carbocycles.